The highest BCUT2D eigenvalue weighted by Gasteiger charge is 2.12. The van der Waals surface area contributed by atoms with E-state index in [0.717, 1.165) is 16.7 Å². The molecule has 0 saturated carbocycles. The minimum Gasteiger partial charge on any atom is -0.507 e. The summed E-state index contributed by atoms with van der Waals surface area (Å²) >= 11 is 0. The number of hydrogen-bond acceptors (Lipinski definition) is 2. The molecular formula is C16H18FNO. The monoisotopic (exact) mass is 259 g/mol. The number of halogens is 1. The Labute approximate surface area is 112 Å². The lowest BCUT2D eigenvalue weighted by Gasteiger charge is -2.13. The van der Waals surface area contributed by atoms with Gasteiger partial charge in [0, 0.05) is 17.7 Å². The van der Waals surface area contributed by atoms with E-state index in [1.165, 1.54) is 0 Å². The van der Waals surface area contributed by atoms with Crippen LogP contribution in [0.5, 0.6) is 5.75 Å². The van der Waals surface area contributed by atoms with Gasteiger partial charge >= 0.3 is 0 Å². The van der Waals surface area contributed by atoms with Crippen LogP contribution in [0.3, 0.4) is 0 Å². The van der Waals surface area contributed by atoms with Crippen molar-refractivity contribution in [3.05, 3.63) is 52.8 Å². The average Bonchev–Trinajstić information content (AvgIpc) is 2.35. The maximum absolute atomic E-state index is 14.0. The van der Waals surface area contributed by atoms with E-state index in [-0.39, 0.29) is 11.6 Å². The molecule has 0 unspecified atom stereocenters. The first-order chi connectivity index (χ1) is 9.04. The van der Waals surface area contributed by atoms with Crippen molar-refractivity contribution in [1.82, 2.24) is 5.32 Å². The molecule has 0 fully saturated rings. The number of rotatable bonds is 3. The van der Waals surface area contributed by atoms with Gasteiger partial charge < -0.3 is 10.4 Å². The van der Waals surface area contributed by atoms with Crippen LogP contribution in [0.15, 0.2) is 30.3 Å². The van der Waals surface area contributed by atoms with Crippen molar-refractivity contribution < 1.29 is 9.50 Å². The Hall–Kier alpha value is -1.87. The molecule has 0 aliphatic rings. The predicted octanol–water partition coefficient (Wildman–Crippen LogP) is 3.53. The van der Waals surface area contributed by atoms with Crippen LogP contribution in [0.1, 0.15) is 16.7 Å². The maximum atomic E-state index is 14.0. The minimum atomic E-state index is -0.189. The fourth-order valence-corrected chi connectivity index (χ4v) is 2.33. The Morgan fingerprint density at radius 1 is 1.16 bits per heavy atom. The molecule has 19 heavy (non-hydrogen) atoms. The average molecular weight is 259 g/mol. The van der Waals surface area contributed by atoms with E-state index >= 15 is 0 Å². The van der Waals surface area contributed by atoms with Crippen molar-refractivity contribution in [2.75, 3.05) is 7.05 Å². The summed E-state index contributed by atoms with van der Waals surface area (Å²) in [6.07, 6.45) is 0. The molecule has 0 aromatic heterocycles. The Kier molecular flexibility index (Phi) is 3.86. The van der Waals surface area contributed by atoms with Crippen molar-refractivity contribution in [2.24, 2.45) is 0 Å². The summed E-state index contributed by atoms with van der Waals surface area (Å²) < 4.78 is 14.0. The number of phenols is 1. The van der Waals surface area contributed by atoms with Crippen LogP contribution in [0.4, 0.5) is 4.39 Å². The number of benzene rings is 2. The standard InChI is InChI=1S/C16H18FNO/c1-10-5-4-6-14(19)15(10)12-7-11(2)16(17)13(8-12)9-18-3/h4-8,18-19H,9H2,1-3H3. The molecule has 2 aromatic carbocycles. The second-order valence-corrected chi connectivity index (χ2v) is 4.77. The lowest BCUT2D eigenvalue weighted by atomic mass is 9.95. The molecule has 0 aliphatic carbocycles. The molecule has 0 radical (unpaired) electrons. The number of phenolic OH excluding ortho intramolecular Hbond substituents is 1. The molecule has 0 amide bonds. The first-order valence-corrected chi connectivity index (χ1v) is 6.27. The van der Waals surface area contributed by atoms with Crippen LogP contribution in [-0.2, 0) is 6.54 Å². The van der Waals surface area contributed by atoms with Gasteiger partial charge in [-0.05, 0) is 55.8 Å². The molecule has 3 heteroatoms. The second kappa shape index (κ2) is 5.41. The third-order valence-corrected chi connectivity index (χ3v) is 3.24. The zero-order chi connectivity index (χ0) is 14.0. The van der Waals surface area contributed by atoms with Gasteiger partial charge in [-0.15, -0.1) is 0 Å². The Morgan fingerprint density at radius 2 is 1.89 bits per heavy atom. The highest BCUT2D eigenvalue weighted by molar-refractivity contribution is 5.74. The molecule has 0 aliphatic heterocycles. The summed E-state index contributed by atoms with van der Waals surface area (Å²) in [6.45, 7) is 4.14. The van der Waals surface area contributed by atoms with Crippen LogP contribution in [0.25, 0.3) is 11.1 Å². The quantitative estimate of drug-likeness (QED) is 0.883. The first kappa shape index (κ1) is 13.6. The van der Waals surface area contributed by atoms with Crippen molar-refractivity contribution in [3.8, 4) is 16.9 Å². The topological polar surface area (TPSA) is 32.3 Å². The lowest BCUT2D eigenvalue weighted by molar-refractivity contribution is 0.477. The third kappa shape index (κ3) is 2.61. The van der Waals surface area contributed by atoms with E-state index in [1.54, 1.807) is 38.2 Å². The summed E-state index contributed by atoms with van der Waals surface area (Å²) in [6, 6.07) is 8.96. The van der Waals surface area contributed by atoms with Crippen LogP contribution in [-0.4, -0.2) is 12.2 Å². The van der Waals surface area contributed by atoms with E-state index in [1.807, 2.05) is 13.0 Å². The van der Waals surface area contributed by atoms with Gasteiger partial charge in [0.05, 0.1) is 0 Å². The van der Waals surface area contributed by atoms with Gasteiger partial charge in [-0.3, -0.25) is 0 Å². The number of aromatic hydroxyl groups is 1. The minimum absolute atomic E-state index is 0.189. The summed E-state index contributed by atoms with van der Waals surface area (Å²) in [4.78, 5) is 0. The van der Waals surface area contributed by atoms with Crippen LogP contribution >= 0.6 is 0 Å². The number of hydrogen-bond donors (Lipinski definition) is 2. The van der Waals surface area contributed by atoms with Crippen molar-refractivity contribution in [2.45, 2.75) is 20.4 Å². The van der Waals surface area contributed by atoms with Crippen molar-refractivity contribution >= 4 is 0 Å². The highest BCUT2D eigenvalue weighted by Crippen LogP contribution is 2.34. The zero-order valence-electron chi connectivity index (χ0n) is 11.4. The van der Waals surface area contributed by atoms with E-state index in [0.29, 0.717) is 17.7 Å². The molecule has 0 heterocycles. The highest BCUT2D eigenvalue weighted by atomic mass is 19.1. The summed E-state index contributed by atoms with van der Waals surface area (Å²) in [5, 5.41) is 13.0. The normalized spacial score (nSPS) is 10.7. The van der Waals surface area contributed by atoms with Crippen LogP contribution in [0.2, 0.25) is 0 Å². The van der Waals surface area contributed by atoms with E-state index < -0.39 is 0 Å². The zero-order valence-corrected chi connectivity index (χ0v) is 11.4. The summed E-state index contributed by atoms with van der Waals surface area (Å²) in [7, 11) is 1.78. The van der Waals surface area contributed by atoms with E-state index in [4.69, 9.17) is 0 Å². The second-order valence-electron chi connectivity index (χ2n) is 4.77. The number of nitrogens with one attached hydrogen (secondary N) is 1. The third-order valence-electron chi connectivity index (χ3n) is 3.24. The Balaban J connectivity index is 2.63. The molecule has 2 aromatic rings. The van der Waals surface area contributed by atoms with E-state index in [9.17, 15) is 9.50 Å². The SMILES string of the molecule is CNCc1cc(-c2c(C)cccc2O)cc(C)c1F. The van der Waals surface area contributed by atoms with Gasteiger partial charge in [-0.25, -0.2) is 4.39 Å². The van der Waals surface area contributed by atoms with Gasteiger partial charge in [0.15, 0.2) is 0 Å². The Bertz CT molecular complexity index is 588. The molecular weight excluding hydrogens is 241 g/mol. The van der Waals surface area contributed by atoms with E-state index in [2.05, 4.69) is 5.32 Å². The fourth-order valence-electron chi connectivity index (χ4n) is 2.33. The molecule has 0 bridgehead atoms. The largest absolute Gasteiger partial charge is 0.507 e. The van der Waals surface area contributed by atoms with Crippen LogP contribution in [0, 0.1) is 19.7 Å². The smallest absolute Gasteiger partial charge is 0.130 e. The van der Waals surface area contributed by atoms with Gasteiger partial charge in [0.1, 0.15) is 11.6 Å². The summed E-state index contributed by atoms with van der Waals surface area (Å²) in [5.41, 5.74) is 3.79. The summed E-state index contributed by atoms with van der Waals surface area (Å²) in [5.74, 6) is 0.0348. The molecule has 0 saturated heterocycles. The van der Waals surface area contributed by atoms with Crippen molar-refractivity contribution in [3.63, 3.8) is 0 Å². The maximum Gasteiger partial charge on any atom is 0.130 e. The molecule has 100 valence electrons. The first-order valence-electron chi connectivity index (χ1n) is 6.27. The molecule has 2 N–H and O–H groups in total. The molecule has 0 atom stereocenters. The van der Waals surface area contributed by atoms with Gasteiger partial charge in [-0.2, -0.15) is 0 Å². The molecule has 2 nitrogen and oxygen atoms in total. The molecule has 0 spiro atoms. The predicted molar refractivity (Wildman–Crippen MR) is 75.7 cm³/mol. The van der Waals surface area contributed by atoms with Crippen molar-refractivity contribution in [1.29, 1.82) is 0 Å². The molecule has 2 rings (SSSR count). The lowest BCUT2D eigenvalue weighted by Crippen LogP contribution is -2.08. The van der Waals surface area contributed by atoms with Crippen LogP contribution < -0.4 is 5.32 Å². The van der Waals surface area contributed by atoms with Gasteiger partial charge in [0.25, 0.3) is 0 Å². The number of aryl methyl sites for hydroxylation is 2. The fraction of sp³-hybridized carbons (Fsp3) is 0.250. The Morgan fingerprint density at radius 3 is 2.53 bits per heavy atom. The van der Waals surface area contributed by atoms with Gasteiger partial charge in [0.2, 0.25) is 0 Å². The van der Waals surface area contributed by atoms with Gasteiger partial charge in [-0.1, -0.05) is 12.1 Å².